The first-order valence-electron chi connectivity index (χ1n) is 7.44. The van der Waals surface area contributed by atoms with Gasteiger partial charge < -0.3 is 14.8 Å². The molecule has 3 rings (SSSR count). The van der Waals surface area contributed by atoms with Crippen molar-refractivity contribution in [1.29, 1.82) is 0 Å². The van der Waals surface area contributed by atoms with Gasteiger partial charge in [-0.25, -0.2) is 4.98 Å². The molecule has 0 radical (unpaired) electrons. The predicted octanol–water partition coefficient (Wildman–Crippen LogP) is 4.50. The van der Waals surface area contributed by atoms with Gasteiger partial charge in [0.15, 0.2) is 0 Å². The molecule has 2 heterocycles. The number of methoxy groups -OCH3 is 2. The van der Waals surface area contributed by atoms with E-state index >= 15 is 0 Å². The van der Waals surface area contributed by atoms with Crippen molar-refractivity contribution >= 4 is 40.9 Å². The van der Waals surface area contributed by atoms with Gasteiger partial charge in [-0.1, -0.05) is 11.3 Å². The summed E-state index contributed by atoms with van der Waals surface area (Å²) >= 11 is 1.71. The highest BCUT2D eigenvalue weighted by molar-refractivity contribution is 7.16. The van der Waals surface area contributed by atoms with Crippen LogP contribution in [-0.4, -0.2) is 25.7 Å². The van der Waals surface area contributed by atoms with E-state index < -0.39 is 0 Å². The maximum atomic E-state index is 5.41. The van der Waals surface area contributed by atoms with Gasteiger partial charge in [-0.15, -0.1) is 12.4 Å². The van der Waals surface area contributed by atoms with Crippen LogP contribution in [0.25, 0.3) is 12.2 Å². The molecule has 1 aromatic heterocycles. The molecule has 0 saturated heterocycles. The van der Waals surface area contributed by atoms with Gasteiger partial charge in [-0.05, 0) is 43.5 Å². The SMILES string of the molecule is COc1ccc(/C=C/c2nc3c(s2)NCCCC3)c(OC)c1.Cl. The molecule has 0 bridgehead atoms. The van der Waals surface area contributed by atoms with Crippen LogP contribution in [0.1, 0.15) is 29.1 Å². The van der Waals surface area contributed by atoms with Crippen molar-refractivity contribution in [2.45, 2.75) is 19.3 Å². The third-order valence-electron chi connectivity index (χ3n) is 3.69. The lowest BCUT2D eigenvalue weighted by Gasteiger charge is -2.06. The fourth-order valence-corrected chi connectivity index (χ4v) is 3.43. The second-order valence-corrected chi connectivity index (χ2v) is 6.18. The van der Waals surface area contributed by atoms with Gasteiger partial charge in [-0.2, -0.15) is 0 Å². The zero-order valence-electron chi connectivity index (χ0n) is 13.3. The van der Waals surface area contributed by atoms with Crippen molar-refractivity contribution in [1.82, 2.24) is 4.98 Å². The van der Waals surface area contributed by atoms with Gasteiger partial charge in [0.2, 0.25) is 0 Å². The summed E-state index contributed by atoms with van der Waals surface area (Å²) < 4.78 is 10.6. The van der Waals surface area contributed by atoms with Crippen molar-refractivity contribution in [2.24, 2.45) is 0 Å². The Morgan fingerprint density at radius 1 is 1.17 bits per heavy atom. The highest BCUT2D eigenvalue weighted by Gasteiger charge is 2.12. The highest BCUT2D eigenvalue weighted by Crippen LogP contribution is 2.30. The molecular formula is C17H21ClN2O2S. The molecule has 0 saturated carbocycles. The molecule has 0 unspecified atom stereocenters. The van der Waals surface area contributed by atoms with E-state index in [1.54, 1.807) is 25.6 Å². The maximum absolute atomic E-state index is 5.41. The molecule has 1 aromatic carbocycles. The van der Waals surface area contributed by atoms with E-state index in [2.05, 4.69) is 5.32 Å². The Morgan fingerprint density at radius 3 is 2.83 bits per heavy atom. The molecule has 0 amide bonds. The summed E-state index contributed by atoms with van der Waals surface area (Å²) in [6.07, 6.45) is 7.58. The molecule has 124 valence electrons. The smallest absolute Gasteiger partial charge is 0.129 e. The van der Waals surface area contributed by atoms with Gasteiger partial charge in [0.05, 0.1) is 19.9 Å². The molecule has 4 nitrogen and oxygen atoms in total. The summed E-state index contributed by atoms with van der Waals surface area (Å²) in [6, 6.07) is 5.81. The standard InChI is InChI=1S/C17H20N2O2S.ClH/c1-20-13-8-6-12(15(11-13)21-2)7-9-16-19-14-5-3-4-10-18-17(14)22-16;/h6-9,11,18H,3-5,10H2,1-2H3;1H/b9-7+;. The van der Waals surface area contributed by atoms with E-state index in [1.807, 2.05) is 30.4 Å². The number of nitrogens with one attached hydrogen (secondary N) is 1. The third kappa shape index (κ3) is 4.18. The van der Waals surface area contributed by atoms with E-state index in [1.165, 1.54) is 23.5 Å². The summed E-state index contributed by atoms with van der Waals surface area (Å²) in [5, 5.41) is 5.71. The Morgan fingerprint density at radius 2 is 2.04 bits per heavy atom. The number of nitrogens with zero attached hydrogens (tertiary/aromatic N) is 1. The summed E-state index contributed by atoms with van der Waals surface area (Å²) in [6.45, 7) is 1.05. The second-order valence-electron chi connectivity index (χ2n) is 5.15. The number of aryl methyl sites for hydroxylation is 1. The Balaban J connectivity index is 0.00000192. The normalized spacial score (nSPS) is 13.7. The van der Waals surface area contributed by atoms with Gasteiger partial charge >= 0.3 is 0 Å². The number of aromatic nitrogens is 1. The van der Waals surface area contributed by atoms with Crippen LogP contribution in [-0.2, 0) is 6.42 Å². The van der Waals surface area contributed by atoms with Gasteiger partial charge in [0.25, 0.3) is 0 Å². The number of hydrogen-bond acceptors (Lipinski definition) is 5. The first kappa shape index (κ1) is 17.6. The average molecular weight is 353 g/mol. The van der Waals surface area contributed by atoms with Crippen molar-refractivity contribution in [3.63, 3.8) is 0 Å². The summed E-state index contributed by atoms with van der Waals surface area (Å²) in [5.41, 5.74) is 2.21. The molecule has 0 fully saturated rings. The maximum Gasteiger partial charge on any atom is 0.129 e. The molecule has 23 heavy (non-hydrogen) atoms. The van der Waals surface area contributed by atoms with Crippen LogP contribution in [0, 0.1) is 0 Å². The van der Waals surface area contributed by atoms with Crippen molar-refractivity contribution in [3.05, 3.63) is 34.5 Å². The van der Waals surface area contributed by atoms with E-state index in [4.69, 9.17) is 14.5 Å². The van der Waals surface area contributed by atoms with Crippen molar-refractivity contribution in [3.8, 4) is 11.5 Å². The number of anilines is 1. The van der Waals surface area contributed by atoms with Crippen LogP contribution in [0.3, 0.4) is 0 Å². The second kappa shape index (κ2) is 8.22. The topological polar surface area (TPSA) is 43.4 Å². The third-order valence-corrected chi connectivity index (χ3v) is 4.71. The zero-order chi connectivity index (χ0) is 15.4. The molecule has 2 aromatic rings. The number of thiazole rings is 1. The number of ether oxygens (including phenoxy) is 2. The van der Waals surface area contributed by atoms with Crippen LogP contribution >= 0.6 is 23.7 Å². The van der Waals surface area contributed by atoms with Crippen LogP contribution in [0.15, 0.2) is 18.2 Å². The van der Waals surface area contributed by atoms with Gasteiger partial charge in [-0.3, -0.25) is 0 Å². The minimum Gasteiger partial charge on any atom is -0.497 e. The Hall–Kier alpha value is -1.72. The Bertz CT molecular complexity index is 662. The Kier molecular flexibility index (Phi) is 6.30. The van der Waals surface area contributed by atoms with Crippen molar-refractivity contribution < 1.29 is 9.47 Å². The van der Waals surface area contributed by atoms with E-state index in [0.717, 1.165) is 35.0 Å². The lowest BCUT2D eigenvalue weighted by molar-refractivity contribution is 0.394. The molecule has 0 atom stereocenters. The number of hydrogen-bond donors (Lipinski definition) is 1. The molecule has 0 aliphatic carbocycles. The summed E-state index contributed by atoms with van der Waals surface area (Å²) in [5.74, 6) is 1.59. The fourth-order valence-electron chi connectivity index (χ4n) is 2.49. The van der Waals surface area contributed by atoms with Gasteiger partial charge in [0.1, 0.15) is 21.5 Å². The largest absolute Gasteiger partial charge is 0.497 e. The number of fused-ring (bicyclic) bond motifs is 1. The lowest BCUT2D eigenvalue weighted by Crippen LogP contribution is -1.96. The molecule has 6 heteroatoms. The summed E-state index contributed by atoms with van der Waals surface area (Å²) in [7, 11) is 3.32. The first-order chi connectivity index (χ1) is 10.8. The Labute approximate surface area is 147 Å². The predicted molar refractivity (Wildman–Crippen MR) is 99.3 cm³/mol. The molecular weight excluding hydrogens is 332 g/mol. The molecule has 1 N–H and O–H groups in total. The van der Waals surface area contributed by atoms with E-state index in [-0.39, 0.29) is 12.4 Å². The average Bonchev–Trinajstić information content (AvgIpc) is 2.82. The number of rotatable bonds is 4. The minimum atomic E-state index is 0. The minimum absolute atomic E-state index is 0. The molecule has 0 spiro atoms. The fraction of sp³-hybridized carbons (Fsp3) is 0.353. The van der Waals surface area contributed by atoms with Crippen molar-refractivity contribution in [2.75, 3.05) is 26.1 Å². The first-order valence-corrected chi connectivity index (χ1v) is 8.25. The summed E-state index contributed by atoms with van der Waals surface area (Å²) in [4.78, 5) is 4.72. The van der Waals surface area contributed by atoms with Crippen LogP contribution in [0.2, 0.25) is 0 Å². The lowest BCUT2D eigenvalue weighted by atomic mass is 10.2. The quantitative estimate of drug-likeness (QED) is 0.879. The van der Waals surface area contributed by atoms with Gasteiger partial charge in [0, 0.05) is 18.2 Å². The van der Waals surface area contributed by atoms with Crippen LogP contribution in [0.4, 0.5) is 5.00 Å². The monoisotopic (exact) mass is 352 g/mol. The van der Waals surface area contributed by atoms with E-state index in [0.29, 0.717) is 0 Å². The molecule has 1 aliphatic rings. The molecule has 1 aliphatic heterocycles. The van der Waals surface area contributed by atoms with Crippen LogP contribution < -0.4 is 14.8 Å². The zero-order valence-corrected chi connectivity index (χ0v) is 14.9. The highest BCUT2D eigenvalue weighted by atomic mass is 35.5. The number of benzene rings is 1. The number of halogens is 1. The van der Waals surface area contributed by atoms with E-state index in [9.17, 15) is 0 Å². The van der Waals surface area contributed by atoms with Crippen LogP contribution in [0.5, 0.6) is 11.5 Å².